The maximum absolute atomic E-state index is 13.2. The van der Waals surface area contributed by atoms with Crippen molar-refractivity contribution < 1.29 is 4.79 Å². The van der Waals surface area contributed by atoms with Crippen LogP contribution in [0.4, 0.5) is 0 Å². The summed E-state index contributed by atoms with van der Waals surface area (Å²) in [6.07, 6.45) is 4.59. The monoisotopic (exact) mass is 375 g/mol. The van der Waals surface area contributed by atoms with Crippen molar-refractivity contribution in [3.8, 4) is 6.07 Å². The number of rotatable bonds is 2. The summed E-state index contributed by atoms with van der Waals surface area (Å²) >= 11 is 6.00. The van der Waals surface area contributed by atoms with E-state index in [0.29, 0.717) is 22.6 Å². The van der Waals surface area contributed by atoms with Gasteiger partial charge in [-0.15, -0.1) is 0 Å². The number of carbonyl (C=O) groups is 1. The highest BCUT2D eigenvalue weighted by molar-refractivity contribution is 6.30. The van der Waals surface area contributed by atoms with Gasteiger partial charge in [-0.1, -0.05) is 29.8 Å². The van der Waals surface area contributed by atoms with E-state index in [2.05, 4.69) is 16.4 Å². The molecule has 0 unspecified atom stereocenters. The van der Waals surface area contributed by atoms with Crippen molar-refractivity contribution in [3.05, 3.63) is 87.5 Å². The average Bonchev–Trinajstić information content (AvgIpc) is 2.68. The van der Waals surface area contributed by atoms with Crippen LogP contribution in [0, 0.1) is 11.3 Å². The van der Waals surface area contributed by atoms with Gasteiger partial charge in [0.1, 0.15) is 0 Å². The van der Waals surface area contributed by atoms with Gasteiger partial charge in [-0.2, -0.15) is 5.26 Å². The lowest BCUT2D eigenvalue weighted by Gasteiger charge is -2.35. The minimum atomic E-state index is -0.349. The van der Waals surface area contributed by atoms with Crippen LogP contribution in [0.5, 0.6) is 0 Å². The van der Waals surface area contributed by atoms with Crippen molar-refractivity contribution in [2.24, 2.45) is 0 Å². The van der Waals surface area contributed by atoms with E-state index in [0.717, 1.165) is 28.9 Å². The first-order valence-corrected chi connectivity index (χ1v) is 9.25. The number of allylic oxidation sites excluding steroid dienone is 4. The molecule has 0 saturated carbocycles. The number of carbonyl (C=O) groups excluding carboxylic acids is 1. The molecule has 0 saturated heterocycles. The smallest absolute Gasteiger partial charge is 0.162 e. The van der Waals surface area contributed by atoms with Crippen LogP contribution in [0.15, 0.2) is 71.3 Å². The van der Waals surface area contributed by atoms with Gasteiger partial charge in [-0.3, -0.25) is 9.78 Å². The Balaban J connectivity index is 1.77. The molecule has 0 radical (unpaired) electrons. The summed E-state index contributed by atoms with van der Waals surface area (Å²) in [6.45, 7) is 1.89. The molecule has 4 rings (SSSR count). The van der Waals surface area contributed by atoms with E-state index < -0.39 is 0 Å². The lowest BCUT2D eigenvalue weighted by molar-refractivity contribution is -0.116. The number of pyridine rings is 1. The Bertz CT molecular complexity index is 1000. The second-order valence-corrected chi connectivity index (χ2v) is 7.40. The Labute approximate surface area is 163 Å². The van der Waals surface area contributed by atoms with E-state index >= 15 is 0 Å². The predicted molar refractivity (Wildman–Crippen MR) is 104 cm³/mol. The fourth-order valence-corrected chi connectivity index (χ4v) is 4.16. The molecule has 2 heterocycles. The number of dihydropyridines is 1. The Hall–Kier alpha value is -2.90. The Morgan fingerprint density at radius 3 is 2.63 bits per heavy atom. The van der Waals surface area contributed by atoms with Crippen molar-refractivity contribution in [1.29, 1.82) is 5.26 Å². The first kappa shape index (κ1) is 17.5. The Morgan fingerprint density at radius 1 is 1.19 bits per heavy atom. The SMILES string of the molecule is CC1=C(C#N)[C@@H](c2cccnc2)C2=C(C[C@@H](c3ccc(Cl)cc3)CC2=O)N1. The molecule has 0 bridgehead atoms. The molecule has 2 atom stereocenters. The lowest BCUT2D eigenvalue weighted by Crippen LogP contribution is -2.33. The maximum Gasteiger partial charge on any atom is 0.162 e. The number of nitrogens with zero attached hydrogens (tertiary/aromatic N) is 2. The molecule has 1 aromatic heterocycles. The summed E-state index contributed by atoms with van der Waals surface area (Å²) in [6, 6.07) is 13.7. The van der Waals surface area contributed by atoms with Crippen molar-refractivity contribution >= 4 is 17.4 Å². The van der Waals surface area contributed by atoms with Gasteiger partial charge in [0, 0.05) is 40.8 Å². The molecular weight excluding hydrogens is 358 g/mol. The number of Topliss-reactive ketones (excluding diaryl/α,β-unsaturated/α-hetero) is 1. The molecule has 0 fully saturated rings. The highest BCUT2D eigenvalue weighted by atomic mass is 35.5. The summed E-state index contributed by atoms with van der Waals surface area (Å²) in [7, 11) is 0. The van der Waals surface area contributed by atoms with E-state index in [9.17, 15) is 10.1 Å². The van der Waals surface area contributed by atoms with Crippen molar-refractivity contribution in [1.82, 2.24) is 10.3 Å². The normalized spacial score (nSPS) is 22.2. The van der Waals surface area contributed by atoms with Gasteiger partial charge in [0.15, 0.2) is 5.78 Å². The van der Waals surface area contributed by atoms with Crippen LogP contribution in [-0.2, 0) is 4.79 Å². The zero-order valence-corrected chi connectivity index (χ0v) is 15.6. The first-order valence-electron chi connectivity index (χ1n) is 8.88. The summed E-state index contributed by atoms with van der Waals surface area (Å²) in [4.78, 5) is 17.3. The fourth-order valence-electron chi connectivity index (χ4n) is 4.04. The zero-order chi connectivity index (χ0) is 19.0. The number of nitrogens with one attached hydrogen (secondary N) is 1. The van der Waals surface area contributed by atoms with E-state index in [1.165, 1.54) is 0 Å². The van der Waals surface area contributed by atoms with Crippen LogP contribution in [0.2, 0.25) is 5.02 Å². The van der Waals surface area contributed by atoms with E-state index in [1.54, 1.807) is 12.4 Å². The molecule has 4 nitrogen and oxygen atoms in total. The highest BCUT2D eigenvalue weighted by Crippen LogP contribution is 2.44. The molecular formula is C22H18ClN3O. The van der Waals surface area contributed by atoms with E-state index in [4.69, 9.17) is 11.6 Å². The lowest BCUT2D eigenvalue weighted by atomic mass is 9.72. The summed E-state index contributed by atoms with van der Waals surface area (Å²) in [5.41, 5.74) is 4.98. The quantitative estimate of drug-likeness (QED) is 0.831. The topological polar surface area (TPSA) is 65.8 Å². The minimum Gasteiger partial charge on any atom is -0.361 e. The van der Waals surface area contributed by atoms with Crippen molar-refractivity contribution in [2.75, 3.05) is 0 Å². The Morgan fingerprint density at radius 2 is 1.96 bits per heavy atom. The summed E-state index contributed by atoms with van der Waals surface area (Å²) in [5, 5.41) is 13.7. The number of benzene rings is 1. The van der Waals surface area contributed by atoms with Crippen LogP contribution in [0.25, 0.3) is 0 Å². The molecule has 2 aromatic rings. The third-order valence-corrected chi connectivity index (χ3v) is 5.56. The minimum absolute atomic E-state index is 0.0813. The number of nitriles is 1. The highest BCUT2D eigenvalue weighted by Gasteiger charge is 2.38. The van der Waals surface area contributed by atoms with E-state index in [-0.39, 0.29) is 17.6 Å². The second-order valence-electron chi connectivity index (χ2n) is 6.97. The van der Waals surface area contributed by atoms with Gasteiger partial charge in [-0.05, 0) is 48.6 Å². The van der Waals surface area contributed by atoms with Gasteiger partial charge in [0.25, 0.3) is 0 Å². The predicted octanol–water partition coefficient (Wildman–Crippen LogP) is 4.62. The van der Waals surface area contributed by atoms with Crippen LogP contribution in [-0.4, -0.2) is 10.8 Å². The molecule has 5 heteroatoms. The standard InChI is InChI=1S/C22H18ClN3O/c1-13-18(11-24)21(15-3-2-8-25-12-15)22-19(26-13)9-16(10-20(22)27)14-4-6-17(23)7-5-14/h2-8,12,16,21,26H,9-10H2,1H3/t16-,21-/m1/s1. The zero-order valence-electron chi connectivity index (χ0n) is 14.9. The van der Waals surface area contributed by atoms with E-state index in [1.807, 2.05) is 43.3 Å². The molecule has 2 aliphatic rings. The largest absolute Gasteiger partial charge is 0.361 e. The van der Waals surface area contributed by atoms with Crippen LogP contribution in [0.3, 0.4) is 0 Å². The van der Waals surface area contributed by atoms with Crippen LogP contribution >= 0.6 is 11.6 Å². The number of hydrogen-bond acceptors (Lipinski definition) is 4. The van der Waals surface area contributed by atoms with Crippen molar-refractivity contribution in [2.45, 2.75) is 31.6 Å². The molecule has 1 aliphatic carbocycles. The number of hydrogen-bond donors (Lipinski definition) is 1. The maximum atomic E-state index is 13.2. The third-order valence-electron chi connectivity index (χ3n) is 5.31. The second kappa shape index (κ2) is 7.02. The molecule has 0 amide bonds. The van der Waals surface area contributed by atoms with Crippen LogP contribution < -0.4 is 5.32 Å². The van der Waals surface area contributed by atoms with Gasteiger partial charge in [0.05, 0.1) is 17.6 Å². The Kier molecular flexibility index (Phi) is 4.55. The van der Waals surface area contributed by atoms with Crippen LogP contribution in [0.1, 0.15) is 42.7 Å². The molecule has 1 aromatic carbocycles. The summed E-state index contributed by atoms with van der Waals surface area (Å²) < 4.78 is 0. The molecule has 27 heavy (non-hydrogen) atoms. The number of halogens is 1. The average molecular weight is 376 g/mol. The molecule has 134 valence electrons. The van der Waals surface area contributed by atoms with Gasteiger partial charge >= 0.3 is 0 Å². The van der Waals surface area contributed by atoms with Crippen molar-refractivity contribution in [3.63, 3.8) is 0 Å². The number of ketones is 1. The van der Waals surface area contributed by atoms with Gasteiger partial charge < -0.3 is 5.32 Å². The van der Waals surface area contributed by atoms with Gasteiger partial charge in [-0.25, -0.2) is 0 Å². The number of aromatic nitrogens is 1. The molecule has 1 N–H and O–H groups in total. The third kappa shape index (κ3) is 3.15. The molecule has 0 spiro atoms. The molecule has 1 aliphatic heterocycles. The summed E-state index contributed by atoms with van der Waals surface area (Å²) in [5.74, 6) is -0.163. The fraction of sp³-hybridized carbons (Fsp3) is 0.227. The van der Waals surface area contributed by atoms with Gasteiger partial charge in [0.2, 0.25) is 0 Å². The first-order chi connectivity index (χ1) is 13.1.